The Hall–Kier alpha value is -2.40. The van der Waals surface area contributed by atoms with Gasteiger partial charge in [0.25, 0.3) is 0 Å². The summed E-state index contributed by atoms with van der Waals surface area (Å²) in [6.07, 6.45) is 1.47. The van der Waals surface area contributed by atoms with E-state index in [1.807, 2.05) is 0 Å². The number of hydrogen-bond acceptors (Lipinski definition) is 3. The van der Waals surface area contributed by atoms with Crippen molar-refractivity contribution in [2.75, 3.05) is 5.32 Å². The van der Waals surface area contributed by atoms with Crippen LogP contribution in [0.1, 0.15) is 15.9 Å². The molecular formula is C14H11ClN2O3. The Bertz CT molecular complexity index is 658. The second-order valence-electron chi connectivity index (χ2n) is 4.02. The Labute approximate surface area is 120 Å². The lowest BCUT2D eigenvalue weighted by Crippen LogP contribution is -2.18. The van der Waals surface area contributed by atoms with Gasteiger partial charge in [0.05, 0.1) is 6.42 Å². The summed E-state index contributed by atoms with van der Waals surface area (Å²) in [6.45, 7) is 0. The van der Waals surface area contributed by atoms with E-state index < -0.39 is 5.97 Å². The number of carboxylic acids is 1. The summed E-state index contributed by atoms with van der Waals surface area (Å²) in [5.41, 5.74) is 0.611. The van der Waals surface area contributed by atoms with E-state index in [1.165, 1.54) is 18.3 Å². The SMILES string of the molecule is O=C(Cc1ccccc1Cl)Nc1ncccc1C(=O)O. The maximum atomic E-state index is 11.9. The van der Waals surface area contributed by atoms with E-state index in [1.54, 1.807) is 24.3 Å². The molecule has 0 aliphatic carbocycles. The lowest BCUT2D eigenvalue weighted by Gasteiger charge is -2.07. The molecule has 0 aliphatic heterocycles. The first-order valence-electron chi connectivity index (χ1n) is 5.79. The molecule has 0 aliphatic rings. The Morgan fingerprint density at radius 1 is 1.20 bits per heavy atom. The van der Waals surface area contributed by atoms with Crippen molar-refractivity contribution in [3.63, 3.8) is 0 Å². The van der Waals surface area contributed by atoms with Crippen LogP contribution >= 0.6 is 11.6 Å². The minimum atomic E-state index is -1.15. The van der Waals surface area contributed by atoms with Gasteiger partial charge in [-0.05, 0) is 23.8 Å². The van der Waals surface area contributed by atoms with E-state index in [0.717, 1.165) is 0 Å². The van der Waals surface area contributed by atoms with Gasteiger partial charge in [-0.3, -0.25) is 4.79 Å². The molecule has 0 bridgehead atoms. The number of anilines is 1. The summed E-state index contributed by atoms with van der Waals surface area (Å²) >= 11 is 5.96. The van der Waals surface area contributed by atoms with Crippen LogP contribution in [0.2, 0.25) is 5.02 Å². The van der Waals surface area contributed by atoms with Crippen LogP contribution in [0, 0.1) is 0 Å². The molecule has 1 aromatic heterocycles. The molecule has 2 rings (SSSR count). The molecule has 0 radical (unpaired) electrons. The summed E-state index contributed by atoms with van der Waals surface area (Å²) in [5, 5.41) is 12.0. The second kappa shape index (κ2) is 6.16. The quantitative estimate of drug-likeness (QED) is 0.907. The third-order valence-corrected chi connectivity index (χ3v) is 2.97. The van der Waals surface area contributed by atoms with Crippen molar-refractivity contribution in [2.45, 2.75) is 6.42 Å². The lowest BCUT2D eigenvalue weighted by atomic mass is 10.1. The van der Waals surface area contributed by atoms with E-state index in [-0.39, 0.29) is 23.7 Å². The van der Waals surface area contributed by atoms with Crippen LogP contribution in [0.25, 0.3) is 0 Å². The summed E-state index contributed by atoms with van der Waals surface area (Å²) in [4.78, 5) is 26.8. The van der Waals surface area contributed by atoms with Gasteiger partial charge in [0, 0.05) is 11.2 Å². The fourth-order valence-electron chi connectivity index (χ4n) is 1.67. The van der Waals surface area contributed by atoms with Crippen molar-refractivity contribution in [1.82, 2.24) is 4.98 Å². The maximum Gasteiger partial charge on any atom is 0.339 e. The molecule has 6 heteroatoms. The minimum Gasteiger partial charge on any atom is -0.478 e. The van der Waals surface area contributed by atoms with Crippen LogP contribution in [0.5, 0.6) is 0 Å². The summed E-state index contributed by atoms with van der Waals surface area (Å²) in [7, 11) is 0. The van der Waals surface area contributed by atoms with Gasteiger partial charge in [-0.1, -0.05) is 29.8 Å². The lowest BCUT2D eigenvalue weighted by molar-refractivity contribution is -0.115. The molecule has 20 heavy (non-hydrogen) atoms. The van der Waals surface area contributed by atoms with Gasteiger partial charge in [-0.15, -0.1) is 0 Å². The molecule has 0 spiro atoms. The predicted molar refractivity (Wildman–Crippen MR) is 75.0 cm³/mol. The van der Waals surface area contributed by atoms with Gasteiger partial charge >= 0.3 is 5.97 Å². The first-order valence-corrected chi connectivity index (χ1v) is 6.17. The smallest absolute Gasteiger partial charge is 0.339 e. The summed E-state index contributed by atoms with van der Waals surface area (Å²) < 4.78 is 0. The second-order valence-corrected chi connectivity index (χ2v) is 4.43. The predicted octanol–water partition coefficient (Wildman–Crippen LogP) is 2.61. The number of carbonyl (C=O) groups is 2. The highest BCUT2D eigenvalue weighted by Gasteiger charge is 2.14. The van der Waals surface area contributed by atoms with Gasteiger partial charge in [0.1, 0.15) is 11.4 Å². The van der Waals surface area contributed by atoms with Crippen molar-refractivity contribution in [3.8, 4) is 0 Å². The monoisotopic (exact) mass is 290 g/mol. The molecule has 102 valence electrons. The highest BCUT2D eigenvalue weighted by atomic mass is 35.5. The van der Waals surface area contributed by atoms with Crippen LogP contribution in [0.4, 0.5) is 5.82 Å². The van der Waals surface area contributed by atoms with E-state index in [9.17, 15) is 9.59 Å². The first kappa shape index (κ1) is 14.0. The number of benzene rings is 1. The molecule has 0 atom stereocenters. The Morgan fingerprint density at radius 3 is 2.65 bits per heavy atom. The largest absolute Gasteiger partial charge is 0.478 e. The van der Waals surface area contributed by atoms with E-state index in [4.69, 9.17) is 16.7 Å². The van der Waals surface area contributed by atoms with Crippen LogP contribution in [-0.4, -0.2) is 22.0 Å². The molecule has 1 amide bonds. The molecule has 0 unspecified atom stereocenters. The number of halogens is 1. The average Bonchev–Trinajstić information content (AvgIpc) is 2.41. The van der Waals surface area contributed by atoms with Gasteiger partial charge in [0.2, 0.25) is 5.91 Å². The number of hydrogen-bond donors (Lipinski definition) is 2. The molecule has 0 fully saturated rings. The number of nitrogens with one attached hydrogen (secondary N) is 1. The minimum absolute atomic E-state index is 0.0250. The van der Waals surface area contributed by atoms with E-state index >= 15 is 0 Å². The van der Waals surface area contributed by atoms with Crippen LogP contribution < -0.4 is 5.32 Å². The van der Waals surface area contributed by atoms with Crippen molar-refractivity contribution >= 4 is 29.3 Å². The molecule has 0 saturated heterocycles. The van der Waals surface area contributed by atoms with E-state index in [0.29, 0.717) is 10.6 Å². The van der Waals surface area contributed by atoms with Crippen molar-refractivity contribution in [1.29, 1.82) is 0 Å². The molecule has 5 nitrogen and oxygen atoms in total. The number of aromatic nitrogens is 1. The normalized spacial score (nSPS) is 10.1. The molecule has 1 aromatic carbocycles. The molecule has 1 heterocycles. The molecule has 2 N–H and O–H groups in total. The zero-order valence-electron chi connectivity index (χ0n) is 10.3. The molecule has 0 saturated carbocycles. The summed E-state index contributed by atoms with van der Waals surface area (Å²) in [5.74, 6) is -1.50. The number of amides is 1. The number of nitrogens with zero attached hydrogens (tertiary/aromatic N) is 1. The molecular weight excluding hydrogens is 280 g/mol. The third-order valence-electron chi connectivity index (χ3n) is 2.60. The topological polar surface area (TPSA) is 79.3 Å². The standard InChI is InChI=1S/C14H11ClN2O3/c15-11-6-2-1-4-9(11)8-12(18)17-13-10(14(19)20)5-3-7-16-13/h1-7H,8H2,(H,19,20)(H,16,17,18). The van der Waals surface area contributed by atoms with Crippen LogP contribution in [0.3, 0.4) is 0 Å². The highest BCUT2D eigenvalue weighted by Crippen LogP contribution is 2.17. The number of rotatable bonds is 4. The van der Waals surface area contributed by atoms with Gasteiger partial charge < -0.3 is 10.4 Å². The Morgan fingerprint density at radius 2 is 1.95 bits per heavy atom. The van der Waals surface area contributed by atoms with Crippen molar-refractivity contribution < 1.29 is 14.7 Å². The van der Waals surface area contributed by atoms with Gasteiger partial charge in [-0.25, -0.2) is 9.78 Å². The fourth-order valence-corrected chi connectivity index (χ4v) is 1.87. The Kier molecular flexibility index (Phi) is 4.32. The van der Waals surface area contributed by atoms with Crippen molar-refractivity contribution in [3.05, 3.63) is 58.7 Å². The fraction of sp³-hybridized carbons (Fsp3) is 0.0714. The first-order chi connectivity index (χ1) is 9.58. The maximum absolute atomic E-state index is 11.9. The number of pyridine rings is 1. The zero-order chi connectivity index (χ0) is 14.5. The Balaban J connectivity index is 2.13. The number of carbonyl (C=O) groups excluding carboxylic acids is 1. The van der Waals surface area contributed by atoms with Crippen LogP contribution in [-0.2, 0) is 11.2 Å². The average molecular weight is 291 g/mol. The number of carboxylic acid groups (broad SMARTS) is 1. The summed E-state index contributed by atoms with van der Waals surface area (Å²) in [6, 6.07) is 9.84. The third kappa shape index (κ3) is 3.33. The van der Waals surface area contributed by atoms with Gasteiger partial charge in [-0.2, -0.15) is 0 Å². The van der Waals surface area contributed by atoms with E-state index in [2.05, 4.69) is 10.3 Å². The highest BCUT2D eigenvalue weighted by molar-refractivity contribution is 6.31. The van der Waals surface area contributed by atoms with Gasteiger partial charge in [0.15, 0.2) is 0 Å². The zero-order valence-corrected chi connectivity index (χ0v) is 11.1. The van der Waals surface area contributed by atoms with Crippen molar-refractivity contribution in [2.24, 2.45) is 0 Å². The molecule has 2 aromatic rings. The van der Waals surface area contributed by atoms with Crippen LogP contribution in [0.15, 0.2) is 42.6 Å². The number of aromatic carboxylic acids is 1.